The fraction of sp³-hybridized carbons (Fsp3) is 0.421. The summed E-state index contributed by atoms with van der Waals surface area (Å²) in [4.78, 5) is 27.7. The largest absolute Gasteiger partial charge is 0.496 e. The summed E-state index contributed by atoms with van der Waals surface area (Å²) < 4.78 is 25.7. The van der Waals surface area contributed by atoms with Gasteiger partial charge in [0.2, 0.25) is 5.88 Å². The lowest BCUT2D eigenvalue weighted by Gasteiger charge is -2.43. The van der Waals surface area contributed by atoms with Crippen LogP contribution in [0.1, 0.15) is 23.7 Å². The summed E-state index contributed by atoms with van der Waals surface area (Å²) in [5, 5.41) is 4.05. The van der Waals surface area contributed by atoms with Crippen LogP contribution in [0.5, 0.6) is 11.6 Å². The number of nitrogens with two attached hydrogens (primary N) is 1. The van der Waals surface area contributed by atoms with Gasteiger partial charge in [-0.2, -0.15) is 0 Å². The van der Waals surface area contributed by atoms with E-state index in [1.54, 1.807) is 24.4 Å². The van der Waals surface area contributed by atoms with E-state index in [4.69, 9.17) is 15.2 Å². The lowest BCUT2D eigenvalue weighted by Crippen LogP contribution is -2.53. The third-order valence-electron chi connectivity index (χ3n) is 5.60. The molecule has 0 bridgehead atoms. The summed E-state index contributed by atoms with van der Waals surface area (Å²) in [6.45, 7) is 2.04. The van der Waals surface area contributed by atoms with Crippen molar-refractivity contribution in [3.05, 3.63) is 30.0 Å². The summed E-state index contributed by atoms with van der Waals surface area (Å²) in [6.07, 6.45) is 1.80. The van der Waals surface area contributed by atoms with Gasteiger partial charge in [-0.15, -0.1) is 0 Å². The maximum atomic E-state index is 14.6. The molecule has 0 spiro atoms. The number of amides is 2. The minimum absolute atomic E-state index is 0.110. The molecule has 3 N–H and O–H groups in total. The van der Waals surface area contributed by atoms with Crippen LogP contribution < -0.4 is 20.5 Å². The minimum Gasteiger partial charge on any atom is -0.496 e. The summed E-state index contributed by atoms with van der Waals surface area (Å²) in [5.74, 6) is -0.799. The number of pyridine rings is 1. The summed E-state index contributed by atoms with van der Waals surface area (Å²) in [5.41, 5.74) is 3.87. The molecule has 1 aromatic carbocycles. The molecule has 7 nitrogen and oxygen atoms in total. The SMILES string of the molecule is COc1cc2c(OC[C@H]3NC(=O)[C@]4(F)C[C@@H](C)[C@H]34)nccc2cc1C(N)=O. The number of carbonyl (C=O) groups excluding carboxylic acids is 2. The van der Waals surface area contributed by atoms with Crippen molar-refractivity contribution in [3.63, 3.8) is 0 Å². The number of carbonyl (C=O) groups is 2. The van der Waals surface area contributed by atoms with E-state index in [-0.39, 0.29) is 24.5 Å². The predicted octanol–water partition coefficient (Wildman–Crippen LogP) is 1.58. The number of benzene rings is 1. The Morgan fingerprint density at radius 1 is 1.48 bits per heavy atom. The average Bonchev–Trinajstić information content (AvgIpc) is 2.83. The van der Waals surface area contributed by atoms with Crippen molar-refractivity contribution < 1.29 is 23.5 Å². The van der Waals surface area contributed by atoms with Gasteiger partial charge in [-0.3, -0.25) is 9.59 Å². The molecule has 8 heteroatoms. The average molecular weight is 373 g/mol. The number of alkyl halides is 1. The highest BCUT2D eigenvalue weighted by Crippen LogP contribution is 2.52. The Kier molecular flexibility index (Phi) is 3.94. The summed E-state index contributed by atoms with van der Waals surface area (Å²) >= 11 is 0. The smallest absolute Gasteiger partial charge is 0.258 e. The van der Waals surface area contributed by atoms with Gasteiger partial charge in [0.05, 0.1) is 18.7 Å². The zero-order valence-corrected chi connectivity index (χ0v) is 15.0. The molecule has 2 amide bonds. The van der Waals surface area contributed by atoms with Crippen molar-refractivity contribution in [3.8, 4) is 11.6 Å². The molecular weight excluding hydrogens is 353 g/mol. The summed E-state index contributed by atoms with van der Waals surface area (Å²) in [7, 11) is 1.44. The number of rotatable bonds is 5. The molecule has 1 saturated heterocycles. The molecule has 0 radical (unpaired) electrons. The molecule has 2 aliphatic rings. The van der Waals surface area contributed by atoms with E-state index >= 15 is 0 Å². The fourth-order valence-electron chi connectivity index (χ4n) is 4.32. The van der Waals surface area contributed by atoms with Crippen molar-refractivity contribution in [1.29, 1.82) is 0 Å². The number of hydrogen-bond donors (Lipinski definition) is 2. The molecule has 1 saturated carbocycles. The normalized spacial score (nSPS) is 29.0. The van der Waals surface area contributed by atoms with Crippen LogP contribution in [0.3, 0.4) is 0 Å². The van der Waals surface area contributed by atoms with E-state index in [1.807, 2.05) is 6.92 Å². The number of nitrogens with zero attached hydrogens (tertiary/aromatic N) is 1. The monoisotopic (exact) mass is 373 g/mol. The zero-order chi connectivity index (χ0) is 19.3. The van der Waals surface area contributed by atoms with Gasteiger partial charge in [-0.25, -0.2) is 9.37 Å². The predicted molar refractivity (Wildman–Crippen MR) is 95.3 cm³/mol. The number of primary amides is 1. The van der Waals surface area contributed by atoms with Crippen LogP contribution in [-0.4, -0.2) is 42.2 Å². The molecular formula is C19H20FN3O4. The molecule has 1 aromatic heterocycles. The lowest BCUT2D eigenvalue weighted by atomic mass is 9.62. The van der Waals surface area contributed by atoms with Gasteiger partial charge >= 0.3 is 0 Å². The van der Waals surface area contributed by atoms with Gasteiger partial charge in [-0.1, -0.05) is 6.92 Å². The van der Waals surface area contributed by atoms with E-state index in [9.17, 15) is 14.0 Å². The van der Waals surface area contributed by atoms with E-state index in [2.05, 4.69) is 10.3 Å². The Balaban J connectivity index is 1.61. The zero-order valence-electron chi connectivity index (χ0n) is 15.0. The molecule has 1 aliphatic heterocycles. The molecule has 2 fully saturated rings. The minimum atomic E-state index is -1.78. The van der Waals surface area contributed by atoms with E-state index in [0.29, 0.717) is 22.4 Å². The van der Waals surface area contributed by atoms with Gasteiger partial charge in [0.25, 0.3) is 11.8 Å². The molecule has 4 rings (SSSR count). The molecule has 4 atom stereocenters. The van der Waals surface area contributed by atoms with Crippen molar-refractivity contribution in [2.24, 2.45) is 17.6 Å². The van der Waals surface area contributed by atoms with Crippen molar-refractivity contribution in [2.45, 2.75) is 25.1 Å². The van der Waals surface area contributed by atoms with E-state index < -0.39 is 29.4 Å². The molecule has 2 heterocycles. The van der Waals surface area contributed by atoms with Crippen LogP contribution in [0.15, 0.2) is 24.4 Å². The van der Waals surface area contributed by atoms with Crippen LogP contribution in [-0.2, 0) is 4.79 Å². The van der Waals surface area contributed by atoms with Gasteiger partial charge in [-0.05, 0) is 35.9 Å². The van der Waals surface area contributed by atoms with Gasteiger partial charge in [0.15, 0.2) is 5.67 Å². The second-order valence-corrected chi connectivity index (χ2v) is 7.21. The molecule has 142 valence electrons. The number of halogens is 1. The third-order valence-corrected chi connectivity index (χ3v) is 5.60. The molecule has 0 unspecified atom stereocenters. The van der Waals surface area contributed by atoms with Crippen molar-refractivity contribution >= 4 is 22.6 Å². The Morgan fingerprint density at radius 2 is 2.26 bits per heavy atom. The first-order chi connectivity index (χ1) is 12.8. The Morgan fingerprint density at radius 3 is 2.93 bits per heavy atom. The van der Waals surface area contributed by atoms with Gasteiger partial charge in [0.1, 0.15) is 12.4 Å². The Labute approximate surface area is 155 Å². The number of fused-ring (bicyclic) bond motifs is 2. The first-order valence-corrected chi connectivity index (χ1v) is 8.74. The second kappa shape index (κ2) is 6.07. The highest BCUT2D eigenvalue weighted by molar-refractivity contribution is 6.01. The van der Waals surface area contributed by atoms with Crippen molar-refractivity contribution in [2.75, 3.05) is 13.7 Å². The highest BCUT2D eigenvalue weighted by atomic mass is 19.1. The van der Waals surface area contributed by atoms with Crippen molar-refractivity contribution in [1.82, 2.24) is 10.3 Å². The van der Waals surface area contributed by atoms with Gasteiger partial charge < -0.3 is 20.5 Å². The summed E-state index contributed by atoms with van der Waals surface area (Å²) in [6, 6.07) is 4.57. The van der Waals surface area contributed by atoms with E-state index in [1.165, 1.54) is 7.11 Å². The number of methoxy groups -OCH3 is 1. The topological polar surface area (TPSA) is 104 Å². The van der Waals surface area contributed by atoms with Crippen LogP contribution in [0, 0.1) is 11.8 Å². The number of nitrogens with one attached hydrogen (secondary N) is 1. The first-order valence-electron chi connectivity index (χ1n) is 8.74. The standard InChI is InChI=1S/C19H20FN3O4/c1-9-7-19(20)15(9)13(23-18(19)25)8-27-17-11-6-14(26-2)12(16(21)24)5-10(11)3-4-22-17/h3-6,9,13,15H,7-8H2,1-2H3,(H2,21,24)(H,23,25)/t9-,13-,15-,19+/m1/s1. The van der Waals surface area contributed by atoms with Crippen LogP contribution in [0.25, 0.3) is 10.8 Å². The Hall–Kier alpha value is -2.90. The molecule has 2 aromatic rings. The molecule has 1 aliphatic carbocycles. The number of ether oxygens (including phenoxy) is 2. The van der Waals surface area contributed by atoms with Crippen LogP contribution in [0.4, 0.5) is 4.39 Å². The third kappa shape index (κ3) is 2.58. The maximum absolute atomic E-state index is 14.6. The highest BCUT2D eigenvalue weighted by Gasteiger charge is 2.65. The quantitative estimate of drug-likeness (QED) is 0.828. The molecule has 27 heavy (non-hydrogen) atoms. The second-order valence-electron chi connectivity index (χ2n) is 7.21. The van der Waals surface area contributed by atoms with Crippen LogP contribution >= 0.6 is 0 Å². The van der Waals surface area contributed by atoms with Crippen LogP contribution in [0.2, 0.25) is 0 Å². The lowest BCUT2D eigenvalue weighted by molar-refractivity contribution is -0.141. The number of hydrogen-bond acceptors (Lipinski definition) is 5. The Bertz CT molecular complexity index is 950. The first kappa shape index (κ1) is 17.5. The van der Waals surface area contributed by atoms with Gasteiger partial charge in [0, 0.05) is 17.5 Å². The van der Waals surface area contributed by atoms with E-state index in [0.717, 1.165) is 0 Å². The fourth-order valence-corrected chi connectivity index (χ4v) is 4.32. The number of aromatic nitrogens is 1. The maximum Gasteiger partial charge on any atom is 0.258 e.